The molecule has 0 saturated carbocycles. The van der Waals surface area contributed by atoms with Crippen LogP contribution in [0.15, 0.2) is 24.3 Å². The number of benzene rings is 1. The van der Waals surface area contributed by atoms with Crippen LogP contribution in [-0.4, -0.2) is 49.2 Å². The van der Waals surface area contributed by atoms with Crippen molar-refractivity contribution in [1.82, 2.24) is 10.2 Å². The van der Waals surface area contributed by atoms with Crippen molar-refractivity contribution in [3.8, 4) is 0 Å². The molecule has 4 nitrogen and oxygen atoms in total. The summed E-state index contributed by atoms with van der Waals surface area (Å²) < 4.78 is 5.98. The number of hydrogen-bond acceptors (Lipinski definition) is 3. The van der Waals surface area contributed by atoms with E-state index in [-0.39, 0.29) is 11.5 Å². The summed E-state index contributed by atoms with van der Waals surface area (Å²) in [5.74, 6) is 0.865. The Labute approximate surface area is 151 Å². The topological polar surface area (TPSA) is 41.6 Å². The minimum absolute atomic E-state index is 0.139. The second kappa shape index (κ2) is 8.33. The van der Waals surface area contributed by atoms with Gasteiger partial charge in [-0.1, -0.05) is 26.0 Å². The molecule has 25 heavy (non-hydrogen) atoms. The quantitative estimate of drug-likeness (QED) is 0.891. The maximum Gasteiger partial charge on any atom is 0.254 e. The summed E-state index contributed by atoms with van der Waals surface area (Å²) in [6.45, 7) is 8.59. The van der Waals surface area contributed by atoms with Crippen molar-refractivity contribution in [3.05, 3.63) is 35.4 Å². The van der Waals surface area contributed by atoms with Gasteiger partial charge in [0.25, 0.3) is 5.91 Å². The van der Waals surface area contributed by atoms with E-state index < -0.39 is 0 Å². The van der Waals surface area contributed by atoms with Crippen LogP contribution in [0.5, 0.6) is 0 Å². The average molecular weight is 344 g/mol. The van der Waals surface area contributed by atoms with Crippen LogP contribution in [0, 0.1) is 5.92 Å². The van der Waals surface area contributed by atoms with E-state index in [1.165, 1.54) is 18.4 Å². The van der Waals surface area contributed by atoms with Gasteiger partial charge in [0.15, 0.2) is 0 Å². The molecule has 1 amide bonds. The monoisotopic (exact) mass is 344 g/mol. The molecule has 1 aromatic rings. The van der Waals surface area contributed by atoms with Crippen molar-refractivity contribution in [2.24, 2.45) is 5.92 Å². The minimum Gasteiger partial charge on any atom is -0.371 e. The first-order valence-electron chi connectivity index (χ1n) is 9.88. The standard InChI is InChI=1S/C21H32N2O2/c1-3-21(4-2)16-23(12-13-25-21)20(24)19-9-7-17(8-10-19)14-18-6-5-11-22-15-18/h7-10,18,22H,3-6,11-16H2,1-2H3. The number of rotatable bonds is 5. The Hall–Kier alpha value is -1.39. The van der Waals surface area contributed by atoms with E-state index in [9.17, 15) is 4.79 Å². The van der Waals surface area contributed by atoms with Gasteiger partial charge in [0.2, 0.25) is 0 Å². The molecular weight excluding hydrogens is 312 g/mol. The van der Waals surface area contributed by atoms with Crippen LogP contribution in [0.2, 0.25) is 0 Å². The molecule has 2 fully saturated rings. The Morgan fingerprint density at radius 2 is 2.04 bits per heavy atom. The molecule has 0 radical (unpaired) electrons. The molecule has 1 N–H and O–H groups in total. The fraction of sp³-hybridized carbons (Fsp3) is 0.667. The van der Waals surface area contributed by atoms with Gasteiger partial charge >= 0.3 is 0 Å². The van der Waals surface area contributed by atoms with E-state index in [0.717, 1.165) is 43.8 Å². The third-order valence-electron chi connectivity index (χ3n) is 5.95. The van der Waals surface area contributed by atoms with E-state index in [1.54, 1.807) is 0 Å². The number of carbonyl (C=O) groups excluding carboxylic acids is 1. The highest BCUT2D eigenvalue weighted by molar-refractivity contribution is 5.94. The van der Waals surface area contributed by atoms with Crippen LogP contribution in [-0.2, 0) is 11.2 Å². The average Bonchev–Trinajstić information content (AvgIpc) is 2.69. The number of nitrogens with zero attached hydrogens (tertiary/aromatic N) is 1. The first-order chi connectivity index (χ1) is 12.2. The Morgan fingerprint density at radius 3 is 2.68 bits per heavy atom. The van der Waals surface area contributed by atoms with Crippen LogP contribution in [0.1, 0.15) is 55.5 Å². The van der Waals surface area contributed by atoms with Gasteiger partial charge in [-0.25, -0.2) is 0 Å². The zero-order chi connectivity index (χ0) is 17.7. The lowest BCUT2D eigenvalue weighted by Crippen LogP contribution is -2.53. The summed E-state index contributed by atoms with van der Waals surface area (Å²) in [5.41, 5.74) is 1.97. The Kier molecular flexibility index (Phi) is 6.13. The number of hydrogen-bond donors (Lipinski definition) is 1. The number of piperidine rings is 1. The molecule has 2 aliphatic rings. The molecule has 0 spiro atoms. The number of amides is 1. The smallest absolute Gasteiger partial charge is 0.254 e. The van der Waals surface area contributed by atoms with Gasteiger partial charge in [-0.15, -0.1) is 0 Å². The lowest BCUT2D eigenvalue weighted by Gasteiger charge is -2.42. The molecule has 3 rings (SSSR count). The Bertz CT molecular complexity index is 560. The molecule has 2 heterocycles. The zero-order valence-electron chi connectivity index (χ0n) is 15.7. The van der Waals surface area contributed by atoms with Crippen molar-refractivity contribution < 1.29 is 9.53 Å². The number of carbonyl (C=O) groups is 1. The maximum absolute atomic E-state index is 12.9. The molecule has 4 heteroatoms. The Morgan fingerprint density at radius 1 is 1.28 bits per heavy atom. The SMILES string of the molecule is CCC1(CC)CN(C(=O)c2ccc(CC3CCCNC3)cc2)CCO1. The Balaban J connectivity index is 1.62. The van der Waals surface area contributed by atoms with Crippen molar-refractivity contribution in [2.75, 3.05) is 32.8 Å². The van der Waals surface area contributed by atoms with Gasteiger partial charge in [0, 0.05) is 12.1 Å². The maximum atomic E-state index is 12.9. The van der Waals surface area contributed by atoms with Crippen LogP contribution < -0.4 is 5.32 Å². The highest BCUT2D eigenvalue weighted by atomic mass is 16.5. The number of ether oxygens (including phenoxy) is 1. The van der Waals surface area contributed by atoms with E-state index in [1.807, 2.05) is 17.0 Å². The minimum atomic E-state index is -0.165. The van der Waals surface area contributed by atoms with E-state index in [0.29, 0.717) is 19.7 Å². The molecule has 0 bridgehead atoms. The molecule has 138 valence electrons. The normalized spacial score (nSPS) is 23.4. The predicted octanol–water partition coefficient (Wildman–Crippen LogP) is 3.26. The molecule has 2 saturated heterocycles. The third-order valence-corrected chi connectivity index (χ3v) is 5.95. The summed E-state index contributed by atoms with van der Waals surface area (Å²) in [6.07, 6.45) is 5.57. The lowest BCUT2D eigenvalue weighted by atomic mass is 9.92. The van der Waals surface area contributed by atoms with Crippen LogP contribution in [0.4, 0.5) is 0 Å². The molecule has 0 aromatic heterocycles. The van der Waals surface area contributed by atoms with Crippen LogP contribution >= 0.6 is 0 Å². The van der Waals surface area contributed by atoms with Gasteiger partial charge in [-0.05, 0) is 68.8 Å². The summed E-state index contributed by atoms with van der Waals surface area (Å²) in [5, 5.41) is 3.47. The van der Waals surface area contributed by atoms with Crippen molar-refractivity contribution in [1.29, 1.82) is 0 Å². The molecule has 1 atom stereocenters. The second-order valence-corrected chi connectivity index (χ2v) is 7.58. The zero-order valence-corrected chi connectivity index (χ0v) is 15.7. The number of nitrogens with one attached hydrogen (secondary N) is 1. The highest BCUT2D eigenvalue weighted by Crippen LogP contribution is 2.26. The van der Waals surface area contributed by atoms with Gasteiger partial charge in [0.1, 0.15) is 0 Å². The van der Waals surface area contributed by atoms with Crippen molar-refractivity contribution >= 4 is 5.91 Å². The summed E-state index contributed by atoms with van der Waals surface area (Å²) >= 11 is 0. The predicted molar refractivity (Wildman–Crippen MR) is 101 cm³/mol. The van der Waals surface area contributed by atoms with Gasteiger partial charge in [-0.2, -0.15) is 0 Å². The van der Waals surface area contributed by atoms with Crippen molar-refractivity contribution in [3.63, 3.8) is 0 Å². The molecule has 0 aliphatic carbocycles. The van der Waals surface area contributed by atoms with E-state index in [2.05, 4.69) is 31.3 Å². The largest absolute Gasteiger partial charge is 0.371 e. The van der Waals surface area contributed by atoms with Crippen LogP contribution in [0.3, 0.4) is 0 Å². The highest BCUT2D eigenvalue weighted by Gasteiger charge is 2.35. The summed E-state index contributed by atoms with van der Waals surface area (Å²) in [7, 11) is 0. The number of morpholine rings is 1. The molecular formula is C21H32N2O2. The fourth-order valence-corrected chi connectivity index (χ4v) is 4.09. The molecule has 2 aliphatic heterocycles. The molecule has 1 unspecified atom stereocenters. The second-order valence-electron chi connectivity index (χ2n) is 7.58. The van der Waals surface area contributed by atoms with Crippen LogP contribution in [0.25, 0.3) is 0 Å². The lowest BCUT2D eigenvalue weighted by molar-refractivity contribution is -0.103. The molecule has 1 aromatic carbocycles. The van der Waals surface area contributed by atoms with Gasteiger partial charge < -0.3 is 15.0 Å². The first kappa shape index (κ1) is 18.4. The van der Waals surface area contributed by atoms with E-state index >= 15 is 0 Å². The van der Waals surface area contributed by atoms with E-state index in [4.69, 9.17) is 4.74 Å². The first-order valence-corrected chi connectivity index (χ1v) is 9.88. The fourth-order valence-electron chi connectivity index (χ4n) is 4.09. The summed E-state index contributed by atoms with van der Waals surface area (Å²) in [6, 6.07) is 8.27. The van der Waals surface area contributed by atoms with Gasteiger partial charge in [0.05, 0.1) is 18.8 Å². The van der Waals surface area contributed by atoms with Gasteiger partial charge in [-0.3, -0.25) is 4.79 Å². The third kappa shape index (κ3) is 4.42. The van der Waals surface area contributed by atoms with Crippen molar-refractivity contribution in [2.45, 2.75) is 51.6 Å². The summed E-state index contributed by atoms with van der Waals surface area (Å²) in [4.78, 5) is 14.8.